The molecule has 0 bridgehead atoms. The van der Waals surface area contributed by atoms with Crippen LogP contribution < -0.4 is 0 Å². The van der Waals surface area contributed by atoms with Gasteiger partial charge in [-0.2, -0.15) is 0 Å². The zero-order valence-corrected chi connectivity index (χ0v) is 22.0. The van der Waals surface area contributed by atoms with Crippen molar-refractivity contribution in [3.05, 3.63) is 45.5 Å². The van der Waals surface area contributed by atoms with Gasteiger partial charge in [-0.25, -0.2) is 0 Å². The summed E-state index contributed by atoms with van der Waals surface area (Å²) in [6.45, 7) is 10.5. The van der Waals surface area contributed by atoms with Crippen LogP contribution in [0.4, 0.5) is 0 Å². The molecule has 8 nitrogen and oxygen atoms in total. The number of fused-ring (bicyclic) bond motifs is 2. The van der Waals surface area contributed by atoms with Crippen molar-refractivity contribution in [2.24, 2.45) is 0 Å². The Hall–Kier alpha value is -4.46. The van der Waals surface area contributed by atoms with Gasteiger partial charge in [0.1, 0.15) is 11.5 Å². The van der Waals surface area contributed by atoms with E-state index in [1.54, 1.807) is 53.7 Å². The van der Waals surface area contributed by atoms with Gasteiger partial charge in [0.25, 0.3) is 0 Å². The number of phenolic OH excluding ortho intramolecular Hbond substituents is 6. The normalized spacial score (nSPS) is 11.4. The summed E-state index contributed by atoms with van der Waals surface area (Å²) >= 11 is 0. The van der Waals surface area contributed by atoms with Gasteiger partial charge in [-0.3, -0.25) is 9.59 Å². The van der Waals surface area contributed by atoms with Crippen LogP contribution in [-0.2, 0) is 0 Å². The Balaban J connectivity index is 0.00000420. The third-order valence-electron chi connectivity index (χ3n) is 7.22. The molecule has 0 radical (unpaired) electrons. The first kappa shape index (κ1) is 29.1. The number of aryl methyl sites for hydroxylation is 2. The number of carbonyl (C=O) groups is 2. The number of hydrogen-bond donors (Lipinski definition) is 6. The van der Waals surface area contributed by atoms with E-state index in [0.717, 1.165) is 0 Å². The van der Waals surface area contributed by atoms with E-state index < -0.39 is 34.5 Å². The Bertz CT molecular complexity index is 1550. The average molecular weight is 535 g/mol. The molecule has 0 aliphatic heterocycles. The van der Waals surface area contributed by atoms with Crippen LogP contribution in [0, 0.1) is 13.8 Å². The highest BCUT2D eigenvalue weighted by Gasteiger charge is 2.29. The van der Waals surface area contributed by atoms with Crippen molar-refractivity contribution in [2.75, 3.05) is 0 Å². The van der Waals surface area contributed by atoms with Gasteiger partial charge in [-0.1, -0.05) is 47.3 Å². The highest BCUT2D eigenvalue weighted by atomic mass is 16.3. The van der Waals surface area contributed by atoms with Gasteiger partial charge in [-0.05, 0) is 47.6 Å². The van der Waals surface area contributed by atoms with Crippen molar-refractivity contribution in [3.63, 3.8) is 0 Å². The van der Waals surface area contributed by atoms with E-state index in [0.29, 0.717) is 45.6 Å². The summed E-state index contributed by atoms with van der Waals surface area (Å²) in [5, 5.41) is 66.4. The minimum atomic E-state index is -0.661. The van der Waals surface area contributed by atoms with E-state index in [1.807, 2.05) is 0 Å². The maximum Gasteiger partial charge on any atom is 0.169 e. The monoisotopic (exact) mass is 534 g/mol. The van der Waals surface area contributed by atoms with Gasteiger partial charge < -0.3 is 30.6 Å². The molecular weight excluding hydrogens is 500 g/mol. The fourth-order valence-electron chi connectivity index (χ4n) is 5.60. The highest BCUT2D eigenvalue weighted by molar-refractivity contribution is 6.14. The van der Waals surface area contributed by atoms with Crippen molar-refractivity contribution in [2.45, 2.75) is 60.8 Å². The van der Waals surface area contributed by atoms with Crippen LogP contribution in [0.25, 0.3) is 32.7 Å². The molecule has 206 valence electrons. The molecule has 0 atom stereocenters. The average Bonchev–Trinajstić information content (AvgIpc) is 2.83. The largest absolute Gasteiger partial charge is 0.507 e. The zero-order chi connectivity index (χ0) is 28.4. The van der Waals surface area contributed by atoms with Gasteiger partial charge in [0, 0.05) is 33.0 Å². The van der Waals surface area contributed by atoms with Gasteiger partial charge in [0.05, 0.1) is 11.1 Å². The SMILES string of the molecule is C.Cc1cc2c(C(C)C)c(O)c(O)c(C=O)c2c(O)c1-c1c(C)cc2c(C(C)C)c(O)c(O)c(C=O)c2c1O. The fraction of sp³-hybridized carbons (Fsp3) is 0.290. The van der Waals surface area contributed by atoms with Crippen LogP contribution in [0.1, 0.15) is 89.9 Å². The van der Waals surface area contributed by atoms with Crippen LogP contribution in [0.2, 0.25) is 0 Å². The lowest BCUT2D eigenvalue weighted by Gasteiger charge is -2.23. The smallest absolute Gasteiger partial charge is 0.169 e. The molecule has 0 heterocycles. The van der Waals surface area contributed by atoms with Crippen LogP contribution in [-0.4, -0.2) is 43.2 Å². The van der Waals surface area contributed by atoms with Crippen molar-refractivity contribution in [1.29, 1.82) is 0 Å². The molecule has 39 heavy (non-hydrogen) atoms. The number of hydrogen-bond acceptors (Lipinski definition) is 8. The summed E-state index contributed by atoms with van der Waals surface area (Å²) in [7, 11) is 0. The molecule has 0 unspecified atom stereocenters. The van der Waals surface area contributed by atoms with E-state index in [4.69, 9.17) is 0 Å². The van der Waals surface area contributed by atoms with Gasteiger partial charge in [-0.15, -0.1) is 0 Å². The molecule has 0 aliphatic carbocycles. The van der Waals surface area contributed by atoms with Crippen LogP contribution >= 0.6 is 0 Å². The summed E-state index contributed by atoms with van der Waals surface area (Å²) in [6.07, 6.45) is 0.682. The van der Waals surface area contributed by atoms with E-state index in [-0.39, 0.29) is 52.3 Å². The van der Waals surface area contributed by atoms with Gasteiger partial charge in [0.2, 0.25) is 0 Å². The van der Waals surface area contributed by atoms with Crippen LogP contribution in [0.5, 0.6) is 34.5 Å². The lowest BCUT2D eigenvalue weighted by molar-refractivity contribution is 0.111. The quantitative estimate of drug-likeness (QED) is 0.118. The highest BCUT2D eigenvalue weighted by Crippen LogP contribution is 2.54. The molecule has 0 amide bonds. The fourth-order valence-corrected chi connectivity index (χ4v) is 5.60. The van der Waals surface area contributed by atoms with Crippen LogP contribution in [0.15, 0.2) is 12.1 Å². The van der Waals surface area contributed by atoms with Crippen molar-refractivity contribution < 1.29 is 40.2 Å². The first-order valence-corrected chi connectivity index (χ1v) is 12.2. The Morgan fingerprint density at radius 2 is 0.872 bits per heavy atom. The number of rotatable bonds is 5. The number of aromatic hydroxyl groups is 6. The molecular formula is C31H34O8. The van der Waals surface area contributed by atoms with E-state index in [2.05, 4.69) is 0 Å². The summed E-state index contributed by atoms with van der Waals surface area (Å²) < 4.78 is 0. The zero-order valence-electron chi connectivity index (χ0n) is 22.0. The Labute approximate surface area is 226 Å². The lowest BCUT2D eigenvalue weighted by atomic mass is 9.83. The second-order valence-corrected chi connectivity index (χ2v) is 10.3. The molecule has 0 fully saturated rings. The molecule has 0 spiro atoms. The number of benzene rings is 4. The minimum absolute atomic E-state index is 0. The Morgan fingerprint density at radius 3 is 1.13 bits per heavy atom. The molecule has 4 rings (SSSR count). The first-order chi connectivity index (χ1) is 17.8. The second kappa shape index (κ2) is 10.0. The Kier molecular flexibility index (Phi) is 7.48. The third kappa shape index (κ3) is 3.98. The van der Waals surface area contributed by atoms with Crippen LogP contribution in [0.3, 0.4) is 0 Å². The number of phenols is 6. The second-order valence-electron chi connectivity index (χ2n) is 10.3. The molecule has 4 aromatic carbocycles. The Morgan fingerprint density at radius 1 is 0.564 bits per heavy atom. The molecule has 0 aliphatic rings. The predicted molar refractivity (Wildman–Crippen MR) is 152 cm³/mol. The lowest BCUT2D eigenvalue weighted by Crippen LogP contribution is -2.01. The van der Waals surface area contributed by atoms with E-state index in [1.165, 1.54) is 0 Å². The topological polar surface area (TPSA) is 156 Å². The summed E-state index contributed by atoms with van der Waals surface area (Å²) in [5.41, 5.74) is 1.33. The summed E-state index contributed by atoms with van der Waals surface area (Å²) in [6, 6.07) is 3.31. The third-order valence-corrected chi connectivity index (χ3v) is 7.22. The van der Waals surface area contributed by atoms with Gasteiger partial charge in [0.15, 0.2) is 35.6 Å². The summed E-state index contributed by atoms with van der Waals surface area (Å²) in [4.78, 5) is 24.0. The maximum absolute atomic E-state index is 12.0. The molecule has 6 N–H and O–H groups in total. The van der Waals surface area contributed by atoms with Crippen molar-refractivity contribution in [3.8, 4) is 45.6 Å². The number of aldehydes is 2. The number of carbonyl (C=O) groups excluding carboxylic acids is 2. The van der Waals surface area contributed by atoms with E-state index in [9.17, 15) is 40.2 Å². The molecule has 0 aromatic heterocycles. The predicted octanol–water partition coefficient (Wildman–Crippen LogP) is 7.02. The van der Waals surface area contributed by atoms with E-state index >= 15 is 0 Å². The van der Waals surface area contributed by atoms with Crippen molar-refractivity contribution >= 4 is 34.1 Å². The maximum atomic E-state index is 12.0. The molecule has 0 saturated carbocycles. The van der Waals surface area contributed by atoms with Crippen molar-refractivity contribution in [1.82, 2.24) is 0 Å². The minimum Gasteiger partial charge on any atom is -0.507 e. The standard InChI is InChI=1S/C30H30O8.CH4/c1-11(2)19-15-7-13(5)21(27(35)23(15)17(9-31)25(33)29(19)37)22-14(6)8-16-20(12(3)4)30(38)26(34)18(10-32)24(16)28(22)36;/h7-12,33-38H,1-6H3;1H4. The molecule has 4 aromatic rings. The molecule has 0 saturated heterocycles. The summed E-state index contributed by atoms with van der Waals surface area (Å²) in [5.74, 6) is -3.57. The van der Waals surface area contributed by atoms with Gasteiger partial charge >= 0.3 is 0 Å². The molecule has 8 heteroatoms. The first-order valence-electron chi connectivity index (χ1n) is 12.2.